The molecule has 0 saturated carbocycles. The fourth-order valence-electron chi connectivity index (χ4n) is 11.7. The number of nitrogens with zero attached hydrogens (tertiary/aromatic N) is 14. The molecule has 0 bridgehead atoms. The molecule has 7 aromatic carbocycles. The van der Waals surface area contributed by atoms with E-state index in [0.717, 1.165) is 5.56 Å². The van der Waals surface area contributed by atoms with Gasteiger partial charge in [-0.15, -0.1) is 5.10 Å². The third-order valence-electron chi connectivity index (χ3n) is 16.3. The first-order chi connectivity index (χ1) is 48.6. The highest BCUT2D eigenvalue weighted by Crippen LogP contribution is 2.49. The minimum atomic E-state index is -1.17. The molecule has 6 aromatic heterocycles. The van der Waals surface area contributed by atoms with Crippen LogP contribution in [-0.4, -0.2) is 101 Å². The van der Waals surface area contributed by atoms with Gasteiger partial charge in [-0.3, -0.25) is 4.90 Å². The summed E-state index contributed by atoms with van der Waals surface area (Å²) in [6.07, 6.45) is 11.0. The van der Waals surface area contributed by atoms with E-state index in [-0.39, 0.29) is 80.5 Å². The number of anilines is 1. The maximum Gasteiger partial charge on any atom is 0.232 e. The number of para-hydroxylation sites is 1. The van der Waals surface area contributed by atoms with E-state index in [2.05, 4.69) is 10.1 Å². The van der Waals surface area contributed by atoms with Gasteiger partial charge in [-0.25, -0.2) is 72.4 Å². The van der Waals surface area contributed by atoms with Crippen LogP contribution >= 0.6 is 0 Å². The monoisotopic (exact) mass is 1320 g/mol. The summed E-state index contributed by atoms with van der Waals surface area (Å²) in [7, 11) is 4.58. The van der Waals surface area contributed by atoms with Gasteiger partial charge in [-0.1, -0.05) is 84.4 Å². The van der Waals surface area contributed by atoms with E-state index in [4.69, 9.17) is 78.6 Å². The molecule has 0 amide bonds. The van der Waals surface area contributed by atoms with Crippen molar-refractivity contribution in [2.24, 2.45) is 4.99 Å². The number of aryl methyl sites for hydroxylation is 1. The van der Waals surface area contributed by atoms with Gasteiger partial charge in [0, 0.05) is 76.0 Å². The Morgan fingerprint density at radius 3 is 1.91 bits per heavy atom. The zero-order chi connectivity index (χ0) is 67.9. The van der Waals surface area contributed by atoms with Gasteiger partial charge in [-0.2, -0.15) is 5.10 Å². The lowest BCUT2D eigenvalue weighted by atomic mass is 9.90. The number of aromatic nitrogens is 12. The van der Waals surface area contributed by atoms with E-state index in [0.29, 0.717) is 84.1 Å². The first-order valence-electron chi connectivity index (χ1n) is 30.8. The summed E-state index contributed by atoms with van der Waals surface area (Å²) in [5.74, 6) is 1.38. The molecule has 13 aromatic rings. The van der Waals surface area contributed by atoms with Crippen LogP contribution in [0.3, 0.4) is 0 Å². The van der Waals surface area contributed by atoms with Crippen LogP contribution in [-0.2, 0) is 0 Å². The molecule has 0 N–H and O–H groups in total. The number of rotatable bonds is 20. The molecule has 0 saturated heterocycles. The van der Waals surface area contributed by atoms with Crippen LogP contribution in [0, 0.1) is 18.6 Å². The Morgan fingerprint density at radius 2 is 1.12 bits per heavy atom. The van der Waals surface area contributed by atoms with Gasteiger partial charge in [0.15, 0.2) is 23.3 Å². The Hall–Kier alpha value is -13.1. The van der Waals surface area contributed by atoms with E-state index in [1.54, 1.807) is 147 Å². The lowest BCUT2D eigenvalue weighted by Crippen LogP contribution is -2.34. The molecular weight excluding hydrogens is 1260 g/mol. The Labute approximate surface area is 564 Å². The second kappa shape index (κ2) is 28.1. The Kier molecular flexibility index (Phi) is 18.0. The van der Waals surface area contributed by atoms with Crippen LogP contribution in [0.1, 0.15) is 28.7 Å². The minimum absolute atomic E-state index is 0.0353. The summed E-state index contributed by atoms with van der Waals surface area (Å²) in [5, 5.41) is 9.47. The normalized spacial score (nSPS) is 12.7. The number of benzene rings is 7. The average molecular weight is 1320 g/mol. The van der Waals surface area contributed by atoms with Gasteiger partial charge >= 0.3 is 0 Å². The smallest absolute Gasteiger partial charge is 0.232 e. The van der Waals surface area contributed by atoms with Crippen molar-refractivity contribution in [1.29, 1.82) is 0 Å². The van der Waals surface area contributed by atoms with Crippen molar-refractivity contribution < 1.29 is 41.2 Å². The van der Waals surface area contributed by atoms with Gasteiger partial charge in [0.25, 0.3) is 0 Å². The standard InChI is InChI=1S/C76H54F4N14O5/c1-44-20-25-60(80)58(34-44)62-28-32-83-73(89-62)59-40-85-72(90-66(59)48-35-49(79)39-53(38-48)97-4)56-17-6-5-16-54(56)55-26-33-87-93-69(55)70-65(75-84-31-27-61(88-75)46-12-9-14-51(36-46)96-3)71(45-21-23-50(95-2)24-22-45)94(43-86-70)76-91-67(47-13-10-15-52(37-47)98-41-77)64(74-81-29-11-30-82-74)68(92-76)57-18-7-8-19-63(57)99-42-78/h5-40,43,71H,41-42H2,1-4H3. The summed E-state index contributed by atoms with van der Waals surface area (Å²) < 4.78 is 88.0. The quantitative estimate of drug-likeness (QED) is 0.0648. The molecule has 99 heavy (non-hydrogen) atoms. The maximum absolute atomic E-state index is 15.8. The first-order valence-corrected chi connectivity index (χ1v) is 30.8. The fourth-order valence-corrected chi connectivity index (χ4v) is 11.7. The Morgan fingerprint density at radius 1 is 0.444 bits per heavy atom. The fraction of sp³-hybridized carbons (Fsp3) is 0.0921. The number of halogens is 4. The van der Waals surface area contributed by atoms with E-state index < -0.39 is 31.4 Å². The number of hydrogen-bond donors (Lipinski definition) is 0. The maximum atomic E-state index is 15.8. The summed E-state index contributed by atoms with van der Waals surface area (Å²) in [6.45, 7) is -0.427. The van der Waals surface area contributed by atoms with Gasteiger partial charge in [0.1, 0.15) is 51.8 Å². The summed E-state index contributed by atoms with van der Waals surface area (Å²) in [6, 6.07) is 50.6. The minimum Gasteiger partial charge on any atom is -0.497 e. The Balaban J connectivity index is 1.01. The molecule has 0 radical (unpaired) electrons. The van der Waals surface area contributed by atoms with Crippen molar-refractivity contribution >= 4 is 23.6 Å². The summed E-state index contributed by atoms with van der Waals surface area (Å²) in [4.78, 5) is 57.4. The largest absolute Gasteiger partial charge is 0.497 e. The molecule has 23 heteroatoms. The highest BCUT2D eigenvalue weighted by atomic mass is 19.1. The van der Waals surface area contributed by atoms with Crippen LogP contribution in [0.2, 0.25) is 0 Å². The van der Waals surface area contributed by atoms with Crippen LogP contribution in [0.4, 0.5) is 23.5 Å². The molecule has 14 rings (SSSR count). The van der Waals surface area contributed by atoms with Gasteiger partial charge in [-0.05, 0) is 115 Å². The number of alkyl halides is 2. The van der Waals surface area contributed by atoms with Crippen LogP contribution in [0.15, 0.2) is 224 Å². The third kappa shape index (κ3) is 12.9. The van der Waals surface area contributed by atoms with Gasteiger partial charge < -0.3 is 23.7 Å². The lowest BCUT2D eigenvalue weighted by Gasteiger charge is -2.35. The van der Waals surface area contributed by atoms with E-state index in [1.165, 1.54) is 31.5 Å². The number of hydrogen-bond acceptors (Lipinski definition) is 19. The van der Waals surface area contributed by atoms with Crippen LogP contribution < -0.4 is 28.6 Å². The molecule has 0 fully saturated rings. The van der Waals surface area contributed by atoms with Crippen molar-refractivity contribution in [3.05, 3.63) is 253 Å². The van der Waals surface area contributed by atoms with Crippen molar-refractivity contribution in [3.63, 3.8) is 0 Å². The molecule has 7 heterocycles. The van der Waals surface area contributed by atoms with E-state index >= 15 is 8.78 Å². The lowest BCUT2D eigenvalue weighted by molar-refractivity contribution is 0.191. The molecule has 19 nitrogen and oxygen atoms in total. The van der Waals surface area contributed by atoms with Crippen LogP contribution in [0.25, 0.3) is 113 Å². The van der Waals surface area contributed by atoms with Crippen molar-refractivity contribution in [1.82, 2.24) is 60.0 Å². The molecule has 1 atom stereocenters. The first kappa shape index (κ1) is 63.3. The SMILES string of the molecule is COc1ccc(C2C(c3nccc(-c4cccc(OC)c4)n3)=C(c3nnccc3-c3ccccc3-c3ncc(-c4nccc(-c5cc(C)ccc5F)n4)c(-c4cc(F)cc(OC)c4)n3)N=CN2c2nc(-c3cccc(OCF)c3)c(-c3ncccn3)c(-c3ccccc3OCF)n2)cc1. The topological polar surface area (TPSA) is 216 Å². The molecular formula is C76H54F4N14O5. The second-order valence-electron chi connectivity index (χ2n) is 22.2. The van der Waals surface area contributed by atoms with Crippen molar-refractivity contribution in [2.75, 3.05) is 40.0 Å². The zero-order valence-electron chi connectivity index (χ0n) is 53.2. The van der Waals surface area contributed by atoms with Gasteiger partial charge in [0.05, 0.1) is 85.1 Å². The summed E-state index contributed by atoms with van der Waals surface area (Å²) >= 11 is 0. The number of ether oxygens (including phenoxy) is 5. The second-order valence-corrected chi connectivity index (χ2v) is 22.2. The zero-order valence-corrected chi connectivity index (χ0v) is 53.2. The molecule has 1 aliphatic rings. The molecule has 0 spiro atoms. The van der Waals surface area contributed by atoms with Crippen molar-refractivity contribution in [2.45, 2.75) is 13.0 Å². The highest BCUT2D eigenvalue weighted by molar-refractivity contribution is 6.05. The Bertz CT molecular complexity index is 5250. The van der Waals surface area contributed by atoms with Crippen molar-refractivity contribution in [3.8, 4) is 130 Å². The average Bonchev–Trinajstić information content (AvgIpc) is 0.738. The molecule has 1 aliphatic heterocycles. The van der Waals surface area contributed by atoms with E-state index in [1.807, 2.05) is 79.7 Å². The number of aliphatic imine (C=N–C) groups is 1. The predicted molar refractivity (Wildman–Crippen MR) is 366 cm³/mol. The molecule has 1 unspecified atom stereocenters. The van der Waals surface area contributed by atoms with Gasteiger partial charge in [0.2, 0.25) is 19.7 Å². The van der Waals surface area contributed by atoms with E-state index in [9.17, 15) is 8.78 Å². The summed E-state index contributed by atoms with van der Waals surface area (Å²) in [5.41, 5.74) is 8.14. The highest BCUT2D eigenvalue weighted by Gasteiger charge is 2.38. The predicted octanol–water partition coefficient (Wildman–Crippen LogP) is 15.8. The molecule has 0 aliphatic carbocycles. The number of methoxy groups -OCH3 is 3. The molecule has 486 valence electrons. The van der Waals surface area contributed by atoms with Crippen LogP contribution in [0.5, 0.6) is 28.7 Å². The third-order valence-corrected chi connectivity index (χ3v) is 16.3.